The third-order valence-corrected chi connectivity index (χ3v) is 1.08. The molecule has 0 aliphatic carbocycles. The Kier molecular flexibility index (Phi) is 5.03. The van der Waals surface area contributed by atoms with Crippen LogP contribution in [0.5, 0.6) is 11.5 Å². The van der Waals surface area contributed by atoms with Crippen LogP contribution in [0.15, 0.2) is 37.4 Å². The average Bonchev–Trinajstić information content (AvgIpc) is 2.06. The maximum Gasteiger partial charge on any atom is 0.308 e. The molecule has 0 amide bonds. The van der Waals surface area contributed by atoms with Gasteiger partial charge in [0.15, 0.2) is 0 Å². The first-order chi connectivity index (χ1) is 6.18. The molecule has 0 spiro atoms. The van der Waals surface area contributed by atoms with Gasteiger partial charge in [0.25, 0.3) is 0 Å². The summed E-state index contributed by atoms with van der Waals surface area (Å²) in [5, 5.41) is 8.93. The summed E-state index contributed by atoms with van der Waals surface area (Å²) >= 11 is 0. The average molecular weight is 180 g/mol. The van der Waals surface area contributed by atoms with Crippen molar-refractivity contribution in [3.8, 4) is 11.5 Å². The van der Waals surface area contributed by atoms with Crippen LogP contribution in [0.2, 0.25) is 0 Å². The maximum atomic E-state index is 10.4. The summed E-state index contributed by atoms with van der Waals surface area (Å²) in [6.45, 7) is 7.31. The molecule has 0 bridgehead atoms. The Bertz CT molecular complexity index is 281. The standard InChI is InChI=1S/C8H8O3.C2H4/c1-6(9)11-8-4-2-3-7(10)5-8;1-2/h2-5,10H,1H3;1-2H2. The molecular formula is C10H12O3. The van der Waals surface area contributed by atoms with E-state index in [2.05, 4.69) is 13.2 Å². The highest BCUT2D eigenvalue weighted by Crippen LogP contribution is 2.17. The smallest absolute Gasteiger partial charge is 0.308 e. The number of aromatic hydroxyl groups is 1. The minimum absolute atomic E-state index is 0.0868. The van der Waals surface area contributed by atoms with Crippen molar-refractivity contribution >= 4 is 5.97 Å². The third-order valence-electron chi connectivity index (χ3n) is 1.08. The van der Waals surface area contributed by atoms with Gasteiger partial charge in [0, 0.05) is 13.0 Å². The molecule has 13 heavy (non-hydrogen) atoms. The minimum Gasteiger partial charge on any atom is -0.508 e. The monoisotopic (exact) mass is 180 g/mol. The fraction of sp³-hybridized carbons (Fsp3) is 0.100. The normalized spacial score (nSPS) is 8.08. The highest BCUT2D eigenvalue weighted by molar-refractivity contribution is 5.69. The lowest BCUT2D eigenvalue weighted by Gasteiger charge is -1.99. The fourth-order valence-electron chi connectivity index (χ4n) is 0.713. The summed E-state index contributed by atoms with van der Waals surface area (Å²) in [5.41, 5.74) is 0. The number of hydrogen-bond acceptors (Lipinski definition) is 3. The van der Waals surface area contributed by atoms with Crippen LogP contribution >= 0.6 is 0 Å². The van der Waals surface area contributed by atoms with E-state index in [1.165, 1.54) is 19.1 Å². The quantitative estimate of drug-likeness (QED) is 0.409. The summed E-state index contributed by atoms with van der Waals surface area (Å²) in [4.78, 5) is 10.4. The Morgan fingerprint density at radius 1 is 1.46 bits per heavy atom. The molecule has 0 saturated carbocycles. The SMILES string of the molecule is C=C.CC(=O)Oc1cccc(O)c1. The Hall–Kier alpha value is -1.77. The maximum absolute atomic E-state index is 10.4. The predicted octanol–water partition coefficient (Wildman–Crippen LogP) is 2.12. The van der Waals surface area contributed by atoms with Crippen molar-refractivity contribution in [1.29, 1.82) is 0 Å². The molecule has 3 nitrogen and oxygen atoms in total. The molecule has 3 heteroatoms. The summed E-state index contributed by atoms with van der Waals surface area (Å²) in [6.07, 6.45) is 0. The summed E-state index contributed by atoms with van der Waals surface area (Å²) in [7, 11) is 0. The fourth-order valence-corrected chi connectivity index (χ4v) is 0.713. The van der Waals surface area contributed by atoms with E-state index in [1.54, 1.807) is 12.1 Å². The van der Waals surface area contributed by atoms with Crippen LogP contribution in [-0.2, 0) is 4.79 Å². The lowest BCUT2D eigenvalue weighted by molar-refractivity contribution is -0.131. The van der Waals surface area contributed by atoms with Gasteiger partial charge in [0.2, 0.25) is 0 Å². The van der Waals surface area contributed by atoms with E-state index < -0.39 is 5.97 Å². The van der Waals surface area contributed by atoms with Crippen molar-refractivity contribution in [3.05, 3.63) is 37.4 Å². The van der Waals surface area contributed by atoms with E-state index in [4.69, 9.17) is 9.84 Å². The second-order valence-electron chi connectivity index (χ2n) is 2.09. The molecule has 1 aromatic carbocycles. The number of phenolic OH excluding ortho intramolecular Hbond substituents is 1. The van der Waals surface area contributed by atoms with Gasteiger partial charge in [-0.1, -0.05) is 6.07 Å². The first-order valence-electron chi connectivity index (χ1n) is 3.66. The van der Waals surface area contributed by atoms with Crippen LogP contribution in [0.3, 0.4) is 0 Å². The van der Waals surface area contributed by atoms with Gasteiger partial charge in [0.1, 0.15) is 11.5 Å². The third kappa shape index (κ3) is 4.63. The topological polar surface area (TPSA) is 46.5 Å². The highest BCUT2D eigenvalue weighted by atomic mass is 16.5. The van der Waals surface area contributed by atoms with Crippen molar-refractivity contribution in [2.24, 2.45) is 0 Å². The zero-order valence-electron chi connectivity index (χ0n) is 7.49. The molecule has 0 radical (unpaired) electrons. The van der Waals surface area contributed by atoms with E-state index in [-0.39, 0.29) is 5.75 Å². The van der Waals surface area contributed by atoms with Crippen LogP contribution in [0.25, 0.3) is 0 Å². The Morgan fingerprint density at radius 3 is 2.54 bits per heavy atom. The molecule has 1 N–H and O–H groups in total. The van der Waals surface area contributed by atoms with Gasteiger partial charge < -0.3 is 9.84 Å². The largest absolute Gasteiger partial charge is 0.508 e. The van der Waals surface area contributed by atoms with Gasteiger partial charge in [-0.15, -0.1) is 13.2 Å². The zero-order chi connectivity index (χ0) is 10.3. The molecular weight excluding hydrogens is 168 g/mol. The highest BCUT2D eigenvalue weighted by Gasteiger charge is 1.96. The number of hydrogen-bond donors (Lipinski definition) is 1. The zero-order valence-corrected chi connectivity index (χ0v) is 7.49. The number of phenols is 1. The Labute approximate surface area is 77.3 Å². The Morgan fingerprint density at radius 2 is 2.08 bits per heavy atom. The number of benzene rings is 1. The van der Waals surface area contributed by atoms with Crippen LogP contribution in [0.4, 0.5) is 0 Å². The van der Waals surface area contributed by atoms with Crippen LogP contribution < -0.4 is 4.74 Å². The number of rotatable bonds is 1. The summed E-state index contributed by atoms with van der Waals surface area (Å²) in [5.74, 6) is 0.0526. The molecule has 0 aromatic heterocycles. The van der Waals surface area contributed by atoms with Crippen LogP contribution in [0, 0.1) is 0 Å². The van der Waals surface area contributed by atoms with E-state index in [1.807, 2.05) is 0 Å². The first-order valence-corrected chi connectivity index (χ1v) is 3.66. The van der Waals surface area contributed by atoms with Crippen molar-refractivity contribution in [2.75, 3.05) is 0 Å². The second kappa shape index (κ2) is 5.83. The number of ether oxygens (including phenoxy) is 1. The molecule has 70 valence electrons. The Balaban J connectivity index is 0.000000671. The van der Waals surface area contributed by atoms with E-state index >= 15 is 0 Å². The molecule has 1 aromatic rings. The molecule has 0 aliphatic rings. The second-order valence-corrected chi connectivity index (χ2v) is 2.09. The predicted molar refractivity (Wildman–Crippen MR) is 50.7 cm³/mol. The molecule has 0 saturated heterocycles. The summed E-state index contributed by atoms with van der Waals surface area (Å²) in [6, 6.07) is 6.09. The molecule has 0 heterocycles. The molecule has 1 rings (SSSR count). The number of carbonyl (C=O) groups excluding carboxylic acids is 1. The van der Waals surface area contributed by atoms with E-state index in [9.17, 15) is 4.79 Å². The van der Waals surface area contributed by atoms with Gasteiger partial charge in [-0.2, -0.15) is 0 Å². The van der Waals surface area contributed by atoms with Gasteiger partial charge in [-0.05, 0) is 12.1 Å². The van der Waals surface area contributed by atoms with Gasteiger partial charge in [-0.3, -0.25) is 4.79 Å². The van der Waals surface area contributed by atoms with Crippen molar-refractivity contribution in [1.82, 2.24) is 0 Å². The lowest BCUT2D eigenvalue weighted by Crippen LogP contribution is -2.00. The van der Waals surface area contributed by atoms with E-state index in [0.717, 1.165) is 0 Å². The van der Waals surface area contributed by atoms with Crippen molar-refractivity contribution < 1.29 is 14.6 Å². The molecule has 0 atom stereocenters. The molecule has 0 unspecified atom stereocenters. The van der Waals surface area contributed by atoms with Crippen molar-refractivity contribution in [3.63, 3.8) is 0 Å². The molecule has 0 fully saturated rings. The van der Waals surface area contributed by atoms with Gasteiger partial charge in [-0.25, -0.2) is 0 Å². The van der Waals surface area contributed by atoms with Crippen molar-refractivity contribution in [2.45, 2.75) is 6.92 Å². The van der Waals surface area contributed by atoms with E-state index in [0.29, 0.717) is 5.75 Å². The van der Waals surface area contributed by atoms with Gasteiger partial charge in [0.05, 0.1) is 0 Å². The molecule has 0 aliphatic heterocycles. The van der Waals surface area contributed by atoms with Gasteiger partial charge >= 0.3 is 5.97 Å². The number of carbonyl (C=O) groups is 1. The lowest BCUT2D eigenvalue weighted by atomic mass is 10.3. The summed E-state index contributed by atoms with van der Waals surface area (Å²) < 4.78 is 4.70. The minimum atomic E-state index is -0.393. The number of esters is 1. The van der Waals surface area contributed by atoms with Crippen LogP contribution in [-0.4, -0.2) is 11.1 Å². The van der Waals surface area contributed by atoms with Crippen LogP contribution in [0.1, 0.15) is 6.92 Å². The first kappa shape index (κ1) is 11.2.